The molecule has 0 radical (unpaired) electrons. The van der Waals surface area contributed by atoms with Gasteiger partial charge in [-0.15, -0.1) is 0 Å². The lowest BCUT2D eigenvalue weighted by Gasteiger charge is -2.07. The van der Waals surface area contributed by atoms with E-state index in [9.17, 15) is 9.18 Å². The number of fused-ring (bicyclic) bond motifs is 1. The van der Waals surface area contributed by atoms with Crippen molar-refractivity contribution in [3.8, 4) is 0 Å². The molecular formula is C16H13ClFN3O. The van der Waals surface area contributed by atoms with Crippen LogP contribution in [0.15, 0.2) is 42.5 Å². The van der Waals surface area contributed by atoms with Crippen LogP contribution in [0, 0.1) is 5.82 Å². The van der Waals surface area contributed by atoms with Gasteiger partial charge in [-0.2, -0.15) is 0 Å². The summed E-state index contributed by atoms with van der Waals surface area (Å²) in [5.41, 5.74) is 2.10. The Morgan fingerprint density at radius 1 is 1.32 bits per heavy atom. The first-order valence-corrected chi connectivity index (χ1v) is 7.07. The van der Waals surface area contributed by atoms with Crippen molar-refractivity contribution in [2.24, 2.45) is 7.05 Å². The van der Waals surface area contributed by atoms with E-state index in [0.717, 1.165) is 22.9 Å². The third-order valence-corrected chi connectivity index (χ3v) is 3.78. The number of aryl methyl sites for hydroxylation is 1. The number of carbonyl (C=O) groups is 1. The number of hydrogen-bond donors (Lipinski definition) is 1. The van der Waals surface area contributed by atoms with Gasteiger partial charge in [-0.05, 0) is 30.3 Å². The number of nitrogens with one attached hydrogen (secondary N) is 1. The quantitative estimate of drug-likeness (QED) is 0.805. The van der Waals surface area contributed by atoms with Crippen LogP contribution in [-0.4, -0.2) is 15.5 Å². The van der Waals surface area contributed by atoms with Gasteiger partial charge in [0.1, 0.15) is 11.6 Å². The third kappa shape index (κ3) is 2.67. The topological polar surface area (TPSA) is 46.9 Å². The highest BCUT2D eigenvalue weighted by Crippen LogP contribution is 2.18. The fraction of sp³-hybridized carbons (Fsp3) is 0.125. The zero-order chi connectivity index (χ0) is 15.7. The predicted octanol–water partition coefficient (Wildman–Crippen LogP) is 3.30. The third-order valence-electron chi connectivity index (χ3n) is 3.46. The second-order valence-corrected chi connectivity index (χ2v) is 5.29. The van der Waals surface area contributed by atoms with Crippen LogP contribution < -0.4 is 5.32 Å². The predicted molar refractivity (Wildman–Crippen MR) is 83.3 cm³/mol. The van der Waals surface area contributed by atoms with Crippen LogP contribution in [-0.2, 0) is 13.6 Å². The van der Waals surface area contributed by atoms with E-state index in [1.165, 1.54) is 12.1 Å². The molecule has 3 rings (SSSR count). The zero-order valence-corrected chi connectivity index (χ0v) is 12.6. The maximum absolute atomic E-state index is 13.0. The lowest BCUT2D eigenvalue weighted by atomic mass is 10.2. The van der Waals surface area contributed by atoms with Crippen molar-refractivity contribution < 1.29 is 9.18 Å². The Hall–Kier alpha value is -2.40. The minimum absolute atomic E-state index is 0.0856. The van der Waals surface area contributed by atoms with Gasteiger partial charge in [0.2, 0.25) is 0 Å². The van der Waals surface area contributed by atoms with E-state index in [0.29, 0.717) is 0 Å². The van der Waals surface area contributed by atoms with E-state index in [-0.39, 0.29) is 23.0 Å². The van der Waals surface area contributed by atoms with Crippen molar-refractivity contribution in [1.29, 1.82) is 0 Å². The summed E-state index contributed by atoms with van der Waals surface area (Å²) >= 11 is 5.88. The van der Waals surface area contributed by atoms with Crippen molar-refractivity contribution >= 4 is 28.5 Å². The van der Waals surface area contributed by atoms with Gasteiger partial charge >= 0.3 is 0 Å². The first-order chi connectivity index (χ1) is 10.6. The number of rotatable bonds is 3. The molecule has 1 N–H and O–H groups in total. The highest BCUT2D eigenvalue weighted by atomic mass is 35.5. The van der Waals surface area contributed by atoms with Crippen LogP contribution in [0.5, 0.6) is 0 Å². The number of imidazole rings is 1. The first kappa shape index (κ1) is 14.5. The Morgan fingerprint density at radius 3 is 2.82 bits per heavy atom. The Kier molecular flexibility index (Phi) is 3.81. The molecule has 0 bridgehead atoms. The van der Waals surface area contributed by atoms with Gasteiger partial charge in [0.25, 0.3) is 5.91 Å². The van der Waals surface area contributed by atoms with Gasteiger partial charge < -0.3 is 9.88 Å². The van der Waals surface area contributed by atoms with E-state index in [1.54, 1.807) is 0 Å². The fourth-order valence-electron chi connectivity index (χ4n) is 2.28. The van der Waals surface area contributed by atoms with Crippen molar-refractivity contribution in [1.82, 2.24) is 14.9 Å². The molecule has 1 aromatic heterocycles. The fourth-order valence-corrected chi connectivity index (χ4v) is 2.53. The van der Waals surface area contributed by atoms with E-state index < -0.39 is 5.82 Å². The average molecular weight is 318 g/mol. The minimum atomic E-state index is -0.475. The summed E-state index contributed by atoms with van der Waals surface area (Å²) in [7, 11) is 1.89. The second-order valence-electron chi connectivity index (χ2n) is 4.88. The summed E-state index contributed by atoms with van der Waals surface area (Å²) in [6, 6.07) is 11.4. The summed E-state index contributed by atoms with van der Waals surface area (Å²) in [4.78, 5) is 16.6. The van der Waals surface area contributed by atoms with Crippen LogP contribution in [0.2, 0.25) is 5.02 Å². The molecule has 3 aromatic rings. The van der Waals surface area contributed by atoms with Crippen molar-refractivity contribution in [3.63, 3.8) is 0 Å². The second kappa shape index (κ2) is 5.77. The molecule has 2 aromatic carbocycles. The number of nitrogens with zero attached hydrogens (tertiary/aromatic N) is 2. The summed E-state index contributed by atoms with van der Waals surface area (Å²) in [6.45, 7) is 0.262. The van der Waals surface area contributed by atoms with E-state index in [1.807, 2.05) is 35.9 Å². The molecule has 0 aliphatic heterocycles. The SMILES string of the molecule is Cn1c(CNC(=O)c2ccc(F)cc2Cl)nc2ccccc21. The van der Waals surface area contributed by atoms with Gasteiger partial charge in [-0.25, -0.2) is 9.37 Å². The minimum Gasteiger partial charge on any atom is -0.345 e. The molecule has 1 amide bonds. The molecule has 0 spiro atoms. The molecule has 0 atom stereocenters. The summed E-state index contributed by atoms with van der Waals surface area (Å²) in [6.07, 6.45) is 0. The Morgan fingerprint density at radius 2 is 2.09 bits per heavy atom. The summed E-state index contributed by atoms with van der Waals surface area (Å²) in [5, 5.41) is 2.83. The number of para-hydroxylation sites is 2. The van der Waals surface area contributed by atoms with Crippen LogP contribution in [0.1, 0.15) is 16.2 Å². The summed E-state index contributed by atoms with van der Waals surface area (Å²) in [5.74, 6) is -0.109. The molecule has 6 heteroatoms. The molecule has 0 aliphatic carbocycles. The smallest absolute Gasteiger partial charge is 0.253 e. The molecule has 0 aliphatic rings. The van der Waals surface area contributed by atoms with Crippen molar-refractivity contribution in [2.45, 2.75) is 6.54 Å². The highest BCUT2D eigenvalue weighted by molar-refractivity contribution is 6.33. The number of hydrogen-bond acceptors (Lipinski definition) is 2. The number of amides is 1. The van der Waals surface area contributed by atoms with Gasteiger partial charge in [-0.3, -0.25) is 4.79 Å². The monoisotopic (exact) mass is 317 g/mol. The molecule has 0 saturated carbocycles. The van der Waals surface area contributed by atoms with Crippen molar-refractivity contribution in [3.05, 3.63) is 64.7 Å². The highest BCUT2D eigenvalue weighted by Gasteiger charge is 2.13. The summed E-state index contributed by atoms with van der Waals surface area (Å²) < 4.78 is 14.9. The van der Waals surface area contributed by atoms with Crippen LogP contribution in [0.4, 0.5) is 4.39 Å². The number of halogens is 2. The first-order valence-electron chi connectivity index (χ1n) is 6.70. The molecule has 4 nitrogen and oxygen atoms in total. The Balaban J connectivity index is 1.79. The van der Waals surface area contributed by atoms with E-state index >= 15 is 0 Å². The maximum atomic E-state index is 13.0. The molecular weight excluding hydrogens is 305 g/mol. The standard InChI is InChI=1S/C16H13ClFN3O/c1-21-14-5-3-2-4-13(14)20-15(21)9-19-16(22)11-7-6-10(18)8-12(11)17/h2-8H,9H2,1H3,(H,19,22). The lowest BCUT2D eigenvalue weighted by Crippen LogP contribution is -2.24. The Bertz CT molecular complexity index is 860. The molecule has 112 valence electrons. The number of benzene rings is 2. The Labute approximate surface area is 131 Å². The lowest BCUT2D eigenvalue weighted by molar-refractivity contribution is 0.0950. The molecule has 0 fully saturated rings. The van der Waals surface area contributed by atoms with Crippen LogP contribution >= 0.6 is 11.6 Å². The number of aromatic nitrogens is 2. The van der Waals surface area contributed by atoms with E-state index in [4.69, 9.17) is 11.6 Å². The van der Waals surface area contributed by atoms with Gasteiger partial charge in [0, 0.05) is 7.05 Å². The zero-order valence-electron chi connectivity index (χ0n) is 11.8. The van der Waals surface area contributed by atoms with Crippen LogP contribution in [0.3, 0.4) is 0 Å². The van der Waals surface area contributed by atoms with Crippen molar-refractivity contribution in [2.75, 3.05) is 0 Å². The molecule has 0 saturated heterocycles. The van der Waals surface area contributed by atoms with Crippen LogP contribution in [0.25, 0.3) is 11.0 Å². The molecule has 0 unspecified atom stereocenters. The number of carbonyl (C=O) groups excluding carboxylic acids is 1. The largest absolute Gasteiger partial charge is 0.345 e. The maximum Gasteiger partial charge on any atom is 0.253 e. The normalized spacial score (nSPS) is 10.9. The van der Waals surface area contributed by atoms with Gasteiger partial charge in [-0.1, -0.05) is 23.7 Å². The molecule has 22 heavy (non-hydrogen) atoms. The van der Waals surface area contributed by atoms with Gasteiger partial charge in [0.05, 0.1) is 28.2 Å². The molecule has 1 heterocycles. The van der Waals surface area contributed by atoms with E-state index in [2.05, 4.69) is 10.3 Å². The van der Waals surface area contributed by atoms with Gasteiger partial charge in [0.15, 0.2) is 0 Å². The average Bonchev–Trinajstić information content (AvgIpc) is 2.82.